The molecule has 3 rings (SSSR count). The average Bonchev–Trinajstić information content (AvgIpc) is 2.59. The molecule has 0 saturated heterocycles. The van der Waals surface area contributed by atoms with Crippen molar-refractivity contribution >= 4 is 0 Å². The Balaban J connectivity index is 1.99. The zero-order valence-electron chi connectivity index (χ0n) is 15.8. The minimum Gasteiger partial charge on any atom is -0.385 e. The molecule has 1 aliphatic rings. The number of aliphatic hydroxyl groups is 1. The lowest BCUT2D eigenvalue weighted by Gasteiger charge is -2.47. The van der Waals surface area contributed by atoms with Crippen molar-refractivity contribution in [2.75, 3.05) is 20.6 Å². The van der Waals surface area contributed by atoms with Crippen LogP contribution in [0.15, 0.2) is 54.6 Å². The third-order valence-electron chi connectivity index (χ3n) is 5.74. The molecule has 2 heteroatoms. The summed E-state index contributed by atoms with van der Waals surface area (Å²) in [7, 11) is 4.22. The highest BCUT2D eigenvalue weighted by Gasteiger charge is 2.47. The molecule has 134 valence electrons. The van der Waals surface area contributed by atoms with E-state index in [1.54, 1.807) is 0 Å². The third-order valence-corrected chi connectivity index (χ3v) is 5.74. The van der Waals surface area contributed by atoms with Gasteiger partial charge in [-0.3, -0.25) is 0 Å². The van der Waals surface area contributed by atoms with Gasteiger partial charge in [0, 0.05) is 12.5 Å². The van der Waals surface area contributed by atoms with Gasteiger partial charge in [0.05, 0.1) is 5.60 Å². The lowest BCUT2D eigenvalue weighted by Crippen LogP contribution is -2.49. The van der Waals surface area contributed by atoms with Gasteiger partial charge in [-0.25, -0.2) is 0 Å². The smallest absolute Gasteiger partial charge is 0.0967 e. The van der Waals surface area contributed by atoms with E-state index < -0.39 is 5.60 Å². The molecule has 0 aromatic heterocycles. The number of hydrogen-bond acceptors (Lipinski definition) is 2. The Morgan fingerprint density at radius 2 is 1.72 bits per heavy atom. The van der Waals surface area contributed by atoms with Crippen molar-refractivity contribution in [3.05, 3.63) is 71.3 Å². The van der Waals surface area contributed by atoms with Crippen LogP contribution in [0.3, 0.4) is 0 Å². The Kier molecular flexibility index (Phi) is 5.61. The molecule has 1 aliphatic carbocycles. The van der Waals surface area contributed by atoms with Crippen LogP contribution >= 0.6 is 0 Å². The summed E-state index contributed by atoms with van der Waals surface area (Å²) in [5.74, 6) is 0.530. The maximum absolute atomic E-state index is 12.1. The van der Waals surface area contributed by atoms with Gasteiger partial charge in [0.15, 0.2) is 0 Å². The quantitative estimate of drug-likeness (QED) is 0.874. The molecule has 3 atom stereocenters. The highest BCUT2D eigenvalue weighted by Crippen LogP contribution is 2.47. The van der Waals surface area contributed by atoms with Crippen molar-refractivity contribution in [2.24, 2.45) is 11.8 Å². The predicted molar refractivity (Wildman–Crippen MR) is 105 cm³/mol. The van der Waals surface area contributed by atoms with Crippen LogP contribution in [-0.2, 0) is 12.0 Å². The molecule has 2 nitrogen and oxygen atoms in total. The van der Waals surface area contributed by atoms with Gasteiger partial charge in [0.25, 0.3) is 0 Å². The van der Waals surface area contributed by atoms with E-state index in [1.165, 1.54) is 17.5 Å². The lowest BCUT2D eigenvalue weighted by molar-refractivity contribution is -0.107. The van der Waals surface area contributed by atoms with Crippen molar-refractivity contribution in [1.29, 1.82) is 0 Å². The van der Waals surface area contributed by atoms with Gasteiger partial charge in [-0.05, 0) is 57.3 Å². The Morgan fingerprint density at radius 3 is 2.40 bits per heavy atom. The number of hydrogen-bond donors (Lipinski definition) is 1. The summed E-state index contributed by atoms with van der Waals surface area (Å²) in [6, 6.07) is 19.1. The van der Waals surface area contributed by atoms with E-state index in [1.807, 2.05) is 0 Å². The minimum atomic E-state index is -0.760. The first-order valence-electron chi connectivity index (χ1n) is 9.48. The van der Waals surface area contributed by atoms with Gasteiger partial charge in [-0.15, -0.1) is 0 Å². The predicted octanol–water partition coefficient (Wildman–Crippen LogP) is 4.40. The van der Waals surface area contributed by atoms with E-state index in [9.17, 15) is 5.11 Å². The van der Waals surface area contributed by atoms with Crippen LogP contribution in [0.1, 0.15) is 36.0 Å². The zero-order valence-corrected chi connectivity index (χ0v) is 15.8. The average molecular weight is 338 g/mol. The molecule has 0 spiro atoms. The molecule has 0 heterocycles. The normalized spacial score (nSPS) is 26.8. The van der Waals surface area contributed by atoms with Crippen LogP contribution in [-0.4, -0.2) is 30.6 Å². The Morgan fingerprint density at radius 1 is 1.00 bits per heavy atom. The molecule has 0 amide bonds. The van der Waals surface area contributed by atoms with E-state index in [0.717, 1.165) is 31.4 Å². The molecule has 1 N–H and O–H groups in total. The van der Waals surface area contributed by atoms with Crippen LogP contribution in [0, 0.1) is 18.8 Å². The Hall–Kier alpha value is -1.64. The summed E-state index contributed by atoms with van der Waals surface area (Å²) < 4.78 is 0. The first-order chi connectivity index (χ1) is 12.0. The molecule has 3 unspecified atom stereocenters. The molecular formula is C23H31NO. The first-order valence-corrected chi connectivity index (χ1v) is 9.48. The van der Waals surface area contributed by atoms with Gasteiger partial charge in [0.2, 0.25) is 0 Å². The second-order valence-electron chi connectivity index (χ2n) is 7.97. The minimum absolute atomic E-state index is 0.260. The van der Waals surface area contributed by atoms with Gasteiger partial charge in [0.1, 0.15) is 0 Å². The van der Waals surface area contributed by atoms with Crippen LogP contribution in [0.25, 0.3) is 0 Å². The molecule has 0 aliphatic heterocycles. The lowest BCUT2D eigenvalue weighted by atomic mass is 9.63. The maximum atomic E-state index is 12.1. The summed E-state index contributed by atoms with van der Waals surface area (Å²) >= 11 is 0. The van der Waals surface area contributed by atoms with Gasteiger partial charge in [-0.2, -0.15) is 0 Å². The topological polar surface area (TPSA) is 23.5 Å². The molecule has 1 saturated carbocycles. The number of benzene rings is 2. The molecule has 2 aromatic carbocycles. The highest BCUT2D eigenvalue weighted by atomic mass is 16.3. The summed E-state index contributed by atoms with van der Waals surface area (Å²) in [6.07, 6.45) is 4.32. The maximum Gasteiger partial charge on any atom is 0.0967 e. The van der Waals surface area contributed by atoms with Crippen molar-refractivity contribution in [2.45, 2.75) is 38.2 Å². The molecule has 1 fully saturated rings. The second-order valence-corrected chi connectivity index (χ2v) is 7.97. The van der Waals surface area contributed by atoms with Crippen molar-refractivity contribution in [3.63, 3.8) is 0 Å². The molecule has 0 bridgehead atoms. The van der Waals surface area contributed by atoms with Crippen LogP contribution < -0.4 is 0 Å². The van der Waals surface area contributed by atoms with Crippen LogP contribution in [0.5, 0.6) is 0 Å². The van der Waals surface area contributed by atoms with E-state index in [2.05, 4.69) is 80.5 Å². The highest BCUT2D eigenvalue weighted by molar-refractivity contribution is 5.31. The Bertz CT molecular complexity index is 682. The van der Waals surface area contributed by atoms with Gasteiger partial charge < -0.3 is 10.0 Å². The molecule has 25 heavy (non-hydrogen) atoms. The van der Waals surface area contributed by atoms with Gasteiger partial charge >= 0.3 is 0 Å². The zero-order chi connectivity index (χ0) is 17.9. The molecule has 0 radical (unpaired) electrons. The first kappa shape index (κ1) is 18.2. The van der Waals surface area contributed by atoms with Crippen molar-refractivity contribution < 1.29 is 5.11 Å². The third kappa shape index (κ3) is 3.96. The van der Waals surface area contributed by atoms with Crippen LogP contribution in [0.4, 0.5) is 0 Å². The number of nitrogens with zero attached hydrogens (tertiary/aromatic N) is 1. The Labute approximate surface area is 152 Å². The van der Waals surface area contributed by atoms with Crippen molar-refractivity contribution in [3.8, 4) is 0 Å². The molecule has 2 aromatic rings. The standard InChI is InChI=1S/C23H31NO/c1-18-9-7-12-20(15-18)23(25)21(16-19-10-5-4-6-11-19)13-8-14-22(23)17-24(2)3/h4-7,9-12,15,21-22,25H,8,13-14,16-17H2,1-3H3. The fourth-order valence-electron chi connectivity index (χ4n) is 4.58. The van der Waals surface area contributed by atoms with E-state index >= 15 is 0 Å². The number of aryl methyl sites for hydroxylation is 1. The van der Waals surface area contributed by atoms with E-state index in [-0.39, 0.29) is 11.8 Å². The van der Waals surface area contributed by atoms with E-state index in [4.69, 9.17) is 0 Å². The number of rotatable bonds is 5. The van der Waals surface area contributed by atoms with E-state index in [0.29, 0.717) is 0 Å². The van der Waals surface area contributed by atoms with Crippen LogP contribution in [0.2, 0.25) is 0 Å². The van der Waals surface area contributed by atoms with Gasteiger partial charge in [-0.1, -0.05) is 66.6 Å². The largest absolute Gasteiger partial charge is 0.385 e. The fraction of sp³-hybridized carbons (Fsp3) is 0.478. The summed E-state index contributed by atoms with van der Waals surface area (Å²) in [5.41, 5.74) is 2.88. The summed E-state index contributed by atoms with van der Waals surface area (Å²) in [4.78, 5) is 2.22. The fourth-order valence-corrected chi connectivity index (χ4v) is 4.58. The summed E-state index contributed by atoms with van der Waals surface area (Å²) in [5, 5.41) is 12.1. The second kappa shape index (κ2) is 7.72. The molecular weight excluding hydrogens is 306 g/mol. The monoisotopic (exact) mass is 337 g/mol. The summed E-state index contributed by atoms with van der Waals surface area (Å²) in [6.45, 7) is 3.04. The SMILES string of the molecule is Cc1cccc(C2(O)C(Cc3ccccc3)CCCC2CN(C)C)c1. The van der Waals surface area contributed by atoms with Crippen molar-refractivity contribution in [1.82, 2.24) is 4.90 Å².